The van der Waals surface area contributed by atoms with Gasteiger partial charge in [0.15, 0.2) is 5.41 Å². The van der Waals surface area contributed by atoms with Crippen LogP contribution in [0.3, 0.4) is 0 Å². The number of nitriles is 3. The zero-order valence-electron chi connectivity index (χ0n) is 14.6. The first-order chi connectivity index (χ1) is 13.4. The molecule has 1 aromatic carbocycles. The number of hydrogen-bond acceptors (Lipinski definition) is 7. The lowest BCUT2D eigenvalue weighted by Gasteiger charge is -2.48. The summed E-state index contributed by atoms with van der Waals surface area (Å²) in [6.07, 6.45) is -1.06. The molecule has 4 rings (SSSR count). The highest BCUT2D eigenvalue weighted by Crippen LogP contribution is 2.69. The van der Waals surface area contributed by atoms with Crippen molar-refractivity contribution < 1.29 is 9.47 Å². The van der Waals surface area contributed by atoms with E-state index in [1.165, 1.54) is 11.3 Å². The summed E-state index contributed by atoms with van der Waals surface area (Å²) in [5.74, 6) is -2.60. The lowest BCUT2D eigenvalue weighted by atomic mass is 9.54. The molecule has 2 bridgehead atoms. The van der Waals surface area contributed by atoms with Gasteiger partial charge in [-0.15, -0.1) is 11.3 Å². The van der Waals surface area contributed by atoms with Gasteiger partial charge in [-0.2, -0.15) is 15.8 Å². The van der Waals surface area contributed by atoms with Crippen molar-refractivity contribution in [3.05, 3.63) is 56.7 Å². The van der Waals surface area contributed by atoms with Gasteiger partial charge in [-0.25, -0.2) is 0 Å². The Bertz CT molecular complexity index is 1080. The zero-order valence-corrected chi connectivity index (χ0v) is 17.0. The number of halogens is 1. The maximum Gasteiger partial charge on any atom is 0.244 e. The first kappa shape index (κ1) is 18.7. The highest BCUT2D eigenvalue weighted by molar-refractivity contribution is 9.11. The molecule has 4 unspecified atom stereocenters. The van der Waals surface area contributed by atoms with Gasteiger partial charge in [-0.1, -0.05) is 37.3 Å². The van der Waals surface area contributed by atoms with E-state index in [4.69, 9.17) is 14.9 Å². The van der Waals surface area contributed by atoms with E-state index in [0.717, 1.165) is 3.79 Å². The highest BCUT2D eigenvalue weighted by Gasteiger charge is 2.79. The SMILES string of the molecule is CC1C2(c3ccccc3)OC(=N)C1(C#N)C(C#N)(C#N)C(c1ccc(Br)s1)O2. The van der Waals surface area contributed by atoms with Crippen molar-refractivity contribution in [2.45, 2.75) is 18.8 Å². The van der Waals surface area contributed by atoms with Crippen LogP contribution in [-0.4, -0.2) is 5.90 Å². The molecule has 0 radical (unpaired) electrons. The maximum atomic E-state index is 10.2. The third kappa shape index (κ3) is 1.99. The van der Waals surface area contributed by atoms with Crippen LogP contribution >= 0.6 is 27.3 Å². The third-order valence-corrected chi connectivity index (χ3v) is 7.36. The van der Waals surface area contributed by atoms with Crippen LogP contribution in [0.2, 0.25) is 0 Å². The van der Waals surface area contributed by atoms with E-state index < -0.39 is 34.5 Å². The number of nitrogens with one attached hydrogen (secondary N) is 1. The number of ether oxygens (including phenoxy) is 2. The molecule has 1 aromatic heterocycles. The fourth-order valence-corrected chi connectivity index (χ4v) is 5.78. The Morgan fingerprint density at radius 2 is 1.75 bits per heavy atom. The van der Waals surface area contributed by atoms with Crippen molar-refractivity contribution >= 4 is 33.2 Å². The number of hydrogen-bond donors (Lipinski definition) is 1. The van der Waals surface area contributed by atoms with Gasteiger partial charge >= 0.3 is 0 Å². The highest BCUT2D eigenvalue weighted by atomic mass is 79.9. The summed E-state index contributed by atoms with van der Waals surface area (Å²) in [5.41, 5.74) is -3.07. The quantitative estimate of drug-likeness (QED) is 0.713. The molecule has 0 spiro atoms. The topological polar surface area (TPSA) is 114 Å². The van der Waals surface area contributed by atoms with E-state index in [1.807, 2.05) is 30.3 Å². The predicted octanol–water partition coefficient (Wildman–Crippen LogP) is 4.62. The number of fused-ring (bicyclic) bond motifs is 2. The average Bonchev–Trinajstić information content (AvgIpc) is 3.21. The monoisotopic (exact) mass is 452 g/mol. The summed E-state index contributed by atoms with van der Waals surface area (Å²) in [7, 11) is 0. The van der Waals surface area contributed by atoms with Gasteiger partial charge in [-0.3, -0.25) is 5.41 Å². The fourth-order valence-electron chi connectivity index (χ4n) is 4.26. The Labute approximate surface area is 174 Å². The molecule has 28 heavy (non-hydrogen) atoms. The Balaban J connectivity index is 2.05. The molecule has 0 amide bonds. The van der Waals surface area contributed by atoms with Gasteiger partial charge in [0.1, 0.15) is 6.10 Å². The molecular weight excluding hydrogens is 440 g/mol. The number of rotatable bonds is 2. The van der Waals surface area contributed by atoms with Crippen LogP contribution in [-0.2, 0) is 15.3 Å². The minimum absolute atomic E-state index is 0.410. The third-order valence-electron chi connectivity index (χ3n) is 5.70. The van der Waals surface area contributed by atoms with Crippen molar-refractivity contribution in [2.75, 3.05) is 0 Å². The second kappa shape index (κ2) is 6.15. The second-order valence-corrected chi connectivity index (χ2v) is 9.27. The van der Waals surface area contributed by atoms with Crippen molar-refractivity contribution in [1.29, 1.82) is 21.2 Å². The minimum atomic E-state index is -1.93. The molecule has 2 aromatic rings. The van der Waals surface area contributed by atoms with E-state index >= 15 is 0 Å². The van der Waals surface area contributed by atoms with Gasteiger partial charge in [0.05, 0.1) is 27.9 Å². The maximum absolute atomic E-state index is 10.2. The van der Waals surface area contributed by atoms with E-state index in [-0.39, 0.29) is 0 Å². The van der Waals surface area contributed by atoms with Gasteiger partial charge in [0, 0.05) is 10.4 Å². The second-order valence-electron chi connectivity index (χ2n) is 6.78. The van der Waals surface area contributed by atoms with Gasteiger partial charge in [-0.05, 0) is 28.1 Å². The molecule has 8 heteroatoms. The van der Waals surface area contributed by atoms with Crippen LogP contribution in [0.15, 0.2) is 46.3 Å². The molecule has 2 aliphatic rings. The lowest BCUT2D eigenvalue weighted by molar-refractivity contribution is -0.287. The summed E-state index contributed by atoms with van der Waals surface area (Å²) in [6.45, 7) is 1.70. The van der Waals surface area contributed by atoms with Crippen molar-refractivity contribution in [2.24, 2.45) is 16.7 Å². The van der Waals surface area contributed by atoms with E-state index in [2.05, 4.69) is 22.0 Å². The Morgan fingerprint density at radius 1 is 1.07 bits per heavy atom. The molecule has 2 fully saturated rings. The summed E-state index contributed by atoms with van der Waals surface area (Å²) >= 11 is 4.72. The normalized spacial score (nSPS) is 32.6. The molecule has 4 atom stereocenters. The summed E-state index contributed by atoms with van der Waals surface area (Å²) < 4.78 is 13.1. The smallest absolute Gasteiger partial charge is 0.244 e. The van der Waals surface area contributed by atoms with Crippen molar-refractivity contribution in [1.82, 2.24) is 0 Å². The first-order valence-electron chi connectivity index (χ1n) is 8.42. The summed E-state index contributed by atoms with van der Waals surface area (Å²) in [6, 6.07) is 18.8. The van der Waals surface area contributed by atoms with E-state index in [1.54, 1.807) is 31.2 Å². The molecule has 2 aliphatic heterocycles. The molecule has 138 valence electrons. The first-order valence-corrected chi connectivity index (χ1v) is 10.0. The molecule has 0 saturated carbocycles. The predicted molar refractivity (Wildman–Crippen MR) is 104 cm³/mol. The molecule has 3 heterocycles. The number of benzene rings is 1. The van der Waals surface area contributed by atoms with Crippen LogP contribution in [0.25, 0.3) is 0 Å². The zero-order chi connectivity index (χ0) is 20.2. The lowest BCUT2D eigenvalue weighted by Crippen LogP contribution is -2.57. The van der Waals surface area contributed by atoms with Crippen LogP contribution in [0.4, 0.5) is 0 Å². The van der Waals surface area contributed by atoms with E-state index in [9.17, 15) is 15.8 Å². The Hall–Kier alpha value is -2.70. The van der Waals surface area contributed by atoms with Crippen molar-refractivity contribution in [3.8, 4) is 18.2 Å². The summed E-state index contributed by atoms with van der Waals surface area (Å²) in [4.78, 5) is 0.611. The largest absolute Gasteiger partial charge is 0.443 e. The van der Waals surface area contributed by atoms with Crippen LogP contribution in [0.5, 0.6) is 0 Å². The molecule has 1 N–H and O–H groups in total. The molecule has 0 aliphatic carbocycles. The standard InChI is InChI=1S/C20H13BrN4O2S/c1-12-19(11-24)17(25)27-20(12,13-5-3-2-4-6-13)26-16(18(19,9-22)10-23)14-7-8-15(21)28-14/h2-8,12,16,25H,1H3. The van der Waals surface area contributed by atoms with Gasteiger partial charge < -0.3 is 9.47 Å². The van der Waals surface area contributed by atoms with Crippen molar-refractivity contribution in [3.63, 3.8) is 0 Å². The van der Waals surface area contributed by atoms with Crippen LogP contribution in [0.1, 0.15) is 23.5 Å². The van der Waals surface area contributed by atoms with Crippen LogP contribution < -0.4 is 0 Å². The van der Waals surface area contributed by atoms with E-state index in [0.29, 0.717) is 10.4 Å². The Kier molecular flexibility index (Phi) is 4.10. The van der Waals surface area contributed by atoms with Crippen LogP contribution in [0, 0.1) is 56.2 Å². The molecular formula is C20H13BrN4O2S. The number of nitrogens with zero attached hydrogens (tertiary/aromatic N) is 3. The van der Waals surface area contributed by atoms with Gasteiger partial charge in [0.25, 0.3) is 0 Å². The molecule has 6 nitrogen and oxygen atoms in total. The average molecular weight is 453 g/mol. The van der Waals surface area contributed by atoms with Gasteiger partial charge in [0.2, 0.25) is 17.1 Å². The Morgan fingerprint density at radius 3 is 2.29 bits per heavy atom. The molecule has 2 saturated heterocycles. The minimum Gasteiger partial charge on any atom is -0.443 e. The fraction of sp³-hybridized carbons (Fsp3) is 0.300. The summed E-state index contributed by atoms with van der Waals surface area (Å²) in [5, 5.41) is 39.0. The number of thiophene rings is 1.